The Bertz CT molecular complexity index is 1060. The summed E-state index contributed by atoms with van der Waals surface area (Å²) in [6, 6.07) is 15.3. The topological polar surface area (TPSA) is 90.8 Å². The van der Waals surface area contributed by atoms with Crippen LogP contribution in [0.2, 0.25) is 10.0 Å². The zero-order valence-electron chi connectivity index (χ0n) is 16.4. The number of amides is 1. The van der Waals surface area contributed by atoms with E-state index in [0.717, 1.165) is 17.3 Å². The number of nitrogens with zero attached hydrogens (tertiary/aromatic N) is 3. The molecule has 2 N–H and O–H groups in total. The Morgan fingerprint density at radius 3 is 1.90 bits per heavy atom. The van der Waals surface area contributed by atoms with Crippen LogP contribution < -0.4 is 10.5 Å². The number of aromatic amines is 1. The lowest BCUT2D eigenvalue weighted by Gasteiger charge is -2.39. The maximum atomic E-state index is 12.4. The first-order chi connectivity index (χ1) is 14.9. The third kappa shape index (κ3) is 4.71. The molecule has 1 saturated heterocycles. The van der Waals surface area contributed by atoms with Crippen LogP contribution in [-0.4, -0.2) is 56.9 Å². The highest BCUT2D eigenvalue weighted by atomic mass is 35.5. The van der Waals surface area contributed by atoms with Gasteiger partial charge >= 0.3 is 11.8 Å². The van der Waals surface area contributed by atoms with Gasteiger partial charge in [-0.05, 0) is 35.4 Å². The maximum Gasteiger partial charge on any atom is 0.434 e. The number of aromatic nitrogens is 2. The lowest BCUT2D eigenvalue weighted by atomic mass is 9.96. The first-order valence-electron chi connectivity index (χ1n) is 9.64. The first-order valence-corrected chi connectivity index (χ1v) is 10.4. The van der Waals surface area contributed by atoms with Crippen LogP contribution in [0.4, 0.5) is 4.79 Å². The van der Waals surface area contributed by atoms with Gasteiger partial charge in [0.2, 0.25) is 5.88 Å². The summed E-state index contributed by atoms with van der Waals surface area (Å²) < 4.78 is 0.527. The number of nitrogens with one attached hydrogen (secondary N) is 1. The third-order valence-electron chi connectivity index (χ3n) is 5.20. The fourth-order valence-corrected chi connectivity index (χ4v) is 3.89. The summed E-state index contributed by atoms with van der Waals surface area (Å²) in [5.74, 6) is -0.470. The van der Waals surface area contributed by atoms with Gasteiger partial charge in [-0.3, -0.25) is 4.90 Å². The van der Waals surface area contributed by atoms with Crippen molar-refractivity contribution in [3.05, 3.63) is 86.4 Å². The second-order valence-electron chi connectivity index (χ2n) is 7.13. The van der Waals surface area contributed by atoms with Gasteiger partial charge in [-0.25, -0.2) is 9.59 Å². The molecule has 3 aromatic rings. The molecule has 0 saturated carbocycles. The van der Waals surface area contributed by atoms with Crippen LogP contribution in [0.15, 0.2) is 59.5 Å². The van der Waals surface area contributed by atoms with Gasteiger partial charge in [0.1, 0.15) is 0 Å². The van der Waals surface area contributed by atoms with E-state index in [1.807, 2.05) is 48.5 Å². The van der Waals surface area contributed by atoms with Gasteiger partial charge in [0.05, 0.1) is 12.2 Å². The second-order valence-corrected chi connectivity index (χ2v) is 8.01. The van der Waals surface area contributed by atoms with Crippen molar-refractivity contribution in [2.45, 2.75) is 6.04 Å². The highest BCUT2D eigenvalue weighted by molar-refractivity contribution is 6.30. The molecule has 8 nitrogen and oxygen atoms in total. The molecule has 1 aliphatic rings. The van der Waals surface area contributed by atoms with Gasteiger partial charge in [0.25, 0.3) is 0 Å². The molecule has 1 amide bonds. The number of hydrogen-bond acceptors (Lipinski definition) is 5. The van der Waals surface area contributed by atoms with Crippen LogP contribution in [0.3, 0.4) is 0 Å². The Morgan fingerprint density at radius 1 is 0.935 bits per heavy atom. The fraction of sp³-hybridized carbons (Fsp3) is 0.238. The van der Waals surface area contributed by atoms with E-state index in [4.69, 9.17) is 28.0 Å². The molecule has 31 heavy (non-hydrogen) atoms. The quantitative estimate of drug-likeness (QED) is 0.621. The van der Waals surface area contributed by atoms with E-state index >= 15 is 0 Å². The monoisotopic (exact) mass is 462 g/mol. The minimum atomic E-state index is -0.727. The van der Waals surface area contributed by atoms with Crippen LogP contribution in [0.25, 0.3) is 0 Å². The number of halogens is 2. The molecule has 2 heterocycles. The molecule has 0 aliphatic carbocycles. The van der Waals surface area contributed by atoms with Crippen molar-refractivity contribution in [1.29, 1.82) is 0 Å². The van der Waals surface area contributed by atoms with Crippen LogP contribution in [0.1, 0.15) is 17.2 Å². The summed E-state index contributed by atoms with van der Waals surface area (Å²) in [5.41, 5.74) is 1.42. The zero-order valence-corrected chi connectivity index (χ0v) is 17.9. The minimum Gasteiger partial charge on any atom is -0.491 e. The summed E-state index contributed by atoms with van der Waals surface area (Å²) in [4.78, 5) is 35.0. The molecular weight excluding hydrogens is 443 g/mol. The smallest absolute Gasteiger partial charge is 0.434 e. The Labute approximate surface area is 188 Å². The molecule has 4 rings (SSSR count). The van der Waals surface area contributed by atoms with Crippen molar-refractivity contribution in [2.24, 2.45) is 0 Å². The van der Waals surface area contributed by atoms with Crippen LogP contribution >= 0.6 is 23.2 Å². The number of carbonyl (C=O) groups is 1. The average molecular weight is 463 g/mol. The van der Waals surface area contributed by atoms with Gasteiger partial charge in [0.15, 0.2) is 0 Å². The molecule has 2 aromatic carbocycles. The van der Waals surface area contributed by atoms with Crippen molar-refractivity contribution in [3.8, 4) is 5.88 Å². The minimum absolute atomic E-state index is 0.0379. The number of hydrogen-bond donors (Lipinski definition) is 2. The molecule has 1 fully saturated rings. The molecule has 0 radical (unpaired) electrons. The summed E-state index contributed by atoms with van der Waals surface area (Å²) in [6.07, 6.45) is 0.349. The number of H-pyrrole nitrogens is 1. The molecule has 10 heteroatoms. The van der Waals surface area contributed by atoms with Crippen molar-refractivity contribution in [2.75, 3.05) is 26.2 Å². The summed E-state index contributed by atoms with van der Waals surface area (Å²) in [6.45, 7) is 1.96. The highest BCUT2D eigenvalue weighted by Gasteiger charge is 2.29. The van der Waals surface area contributed by atoms with Crippen molar-refractivity contribution in [3.63, 3.8) is 0 Å². The first kappa shape index (κ1) is 21.3. The van der Waals surface area contributed by atoms with Crippen LogP contribution in [0, 0.1) is 0 Å². The number of piperazine rings is 1. The zero-order chi connectivity index (χ0) is 22.0. The summed E-state index contributed by atoms with van der Waals surface area (Å²) in [7, 11) is 0. The molecule has 162 valence electrons. The molecule has 0 unspecified atom stereocenters. The van der Waals surface area contributed by atoms with Gasteiger partial charge in [0, 0.05) is 36.2 Å². The molecule has 0 atom stereocenters. The number of imidazole rings is 1. The second kappa shape index (κ2) is 9.05. The lowest BCUT2D eigenvalue weighted by molar-refractivity contribution is 0.0548. The van der Waals surface area contributed by atoms with Gasteiger partial charge < -0.3 is 19.8 Å². The normalized spacial score (nSPS) is 14.7. The Morgan fingerprint density at radius 2 is 1.45 bits per heavy atom. The fourth-order valence-electron chi connectivity index (χ4n) is 3.64. The lowest BCUT2D eigenvalue weighted by Crippen LogP contribution is -2.52. The van der Waals surface area contributed by atoms with E-state index in [9.17, 15) is 14.7 Å². The Balaban J connectivity index is 1.49. The predicted molar refractivity (Wildman–Crippen MR) is 117 cm³/mol. The van der Waals surface area contributed by atoms with Crippen molar-refractivity contribution in [1.82, 2.24) is 19.5 Å². The maximum absolute atomic E-state index is 12.4. The van der Waals surface area contributed by atoms with E-state index in [1.165, 1.54) is 4.90 Å². The van der Waals surface area contributed by atoms with Crippen molar-refractivity contribution >= 4 is 29.3 Å². The van der Waals surface area contributed by atoms with Crippen molar-refractivity contribution < 1.29 is 14.7 Å². The number of rotatable bonds is 4. The molecule has 0 bridgehead atoms. The van der Waals surface area contributed by atoms with Gasteiger partial charge in [-0.2, -0.15) is 0 Å². The summed E-state index contributed by atoms with van der Waals surface area (Å²) in [5, 5.41) is 10.9. The highest BCUT2D eigenvalue weighted by Crippen LogP contribution is 2.31. The predicted octanol–water partition coefficient (Wildman–Crippen LogP) is 3.14. The van der Waals surface area contributed by atoms with Gasteiger partial charge in [-0.15, -0.1) is 0 Å². The van der Waals surface area contributed by atoms with E-state index in [-0.39, 0.29) is 6.04 Å². The number of carbonyl (C=O) groups excluding carboxylic acids is 1. The van der Waals surface area contributed by atoms with Gasteiger partial charge in [-0.1, -0.05) is 52.2 Å². The molecule has 0 spiro atoms. The molecular formula is C21H20Cl2N4O4. The average Bonchev–Trinajstić information content (AvgIpc) is 3.09. The SMILES string of the molecule is O=C(On1c(O)c[nH]c1=O)N1CCN(C(c2ccc(Cl)cc2)c2ccc(Cl)cc2)CC1. The Kier molecular flexibility index (Phi) is 6.22. The van der Waals surface area contributed by atoms with E-state index in [2.05, 4.69) is 9.88 Å². The Hall–Kier alpha value is -2.94. The van der Waals surface area contributed by atoms with Crippen LogP contribution in [0.5, 0.6) is 5.88 Å². The number of aromatic hydroxyl groups is 1. The van der Waals surface area contributed by atoms with E-state index in [1.54, 1.807) is 0 Å². The summed E-state index contributed by atoms with van der Waals surface area (Å²) >= 11 is 12.1. The largest absolute Gasteiger partial charge is 0.491 e. The number of benzene rings is 2. The molecule has 1 aromatic heterocycles. The van der Waals surface area contributed by atoms with E-state index in [0.29, 0.717) is 41.0 Å². The third-order valence-corrected chi connectivity index (χ3v) is 5.70. The standard InChI is InChI=1S/C21H20Cl2N4O4/c22-16-5-1-14(2-6-16)19(15-3-7-17(23)8-4-15)25-9-11-26(12-10-25)21(30)31-27-18(28)13-24-20(27)29/h1-8,13,19,28H,9-12H2,(H,24,29). The van der Waals surface area contributed by atoms with E-state index < -0.39 is 17.7 Å². The van der Waals surface area contributed by atoms with Crippen LogP contribution in [-0.2, 0) is 0 Å². The molecule has 1 aliphatic heterocycles.